The molecule has 7 nitrogen and oxygen atoms in total. The number of likely N-dealkylation sites (N-methyl/N-ethyl adjacent to an activating group) is 1. The van der Waals surface area contributed by atoms with Crippen molar-refractivity contribution >= 4 is 24.7 Å². The monoisotopic (exact) mass is 342 g/mol. The van der Waals surface area contributed by atoms with Crippen LogP contribution in [-0.4, -0.2) is 66.4 Å². The Bertz CT molecular complexity index is 440. The molecule has 0 bridgehead atoms. The van der Waals surface area contributed by atoms with E-state index in [9.17, 15) is 14.3 Å². The predicted molar refractivity (Wildman–Crippen MR) is 80.8 cm³/mol. The molecule has 4 atom stereocenters. The molecule has 0 aromatic heterocycles. The van der Waals surface area contributed by atoms with E-state index in [0.717, 1.165) is 7.11 Å². The van der Waals surface area contributed by atoms with E-state index in [-0.39, 0.29) is 14.8 Å². The summed E-state index contributed by atoms with van der Waals surface area (Å²) < 4.78 is 27.8. The van der Waals surface area contributed by atoms with Gasteiger partial charge in [-0.1, -0.05) is 11.8 Å². The standard InChI is InChI=1S/C12H24NO6PS/c1-9(14)21-10-7-11(18-8-10)12(2,13(3,4)5)19-20(15,16)17-6/h10-11H,7-8H2,1-6H3/p+1. The molecule has 0 aromatic carbocycles. The van der Waals surface area contributed by atoms with E-state index < -0.39 is 19.7 Å². The van der Waals surface area contributed by atoms with Crippen LogP contribution in [0.25, 0.3) is 0 Å². The van der Waals surface area contributed by atoms with Gasteiger partial charge in [0.1, 0.15) is 6.10 Å². The maximum absolute atomic E-state index is 11.8. The largest absolute Gasteiger partial charge is 0.476 e. The molecule has 0 aliphatic carbocycles. The summed E-state index contributed by atoms with van der Waals surface area (Å²) in [6.45, 7) is 3.65. The summed E-state index contributed by atoms with van der Waals surface area (Å²) in [6.07, 6.45) is 0.157. The molecule has 124 valence electrons. The summed E-state index contributed by atoms with van der Waals surface area (Å²) >= 11 is 1.23. The molecule has 0 amide bonds. The molecule has 0 radical (unpaired) electrons. The number of phosphoric ester groups is 1. The third-order valence-electron chi connectivity index (χ3n) is 3.75. The molecule has 1 rings (SSSR count). The van der Waals surface area contributed by atoms with Gasteiger partial charge in [-0.15, -0.1) is 0 Å². The van der Waals surface area contributed by atoms with Gasteiger partial charge in [-0.25, -0.2) is 9.09 Å². The Balaban J connectivity index is 2.95. The van der Waals surface area contributed by atoms with Crippen LogP contribution in [0.4, 0.5) is 0 Å². The maximum Gasteiger partial charge on any atom is 0.476 e. The van der Waals surface area contributed by atoms with Crippen LogP contribution in [-0.2, 0) is 23.1 Å². The number of rotatable bonds is 6. The van der Waals surface area contributed by atoms with Crippen LogP contribution in [0.15, 0.2) is 0 Å². The molecule has 4 unspecified atom stereocenters. The summed E-state index contributed by atoms with van der Waals surface area (Å²) in [5, 5.41) is 0.0597. The molecule has 1 aliphatic rings. The minimum atomic E-state index is -4.16. The summed E-state index contributed by atoms with van der Waals surface area (Å²) in [5.74, 6) is 0. The lowest BCUT2D eigenvalue weighted by atomic mass is 10.0. The molecular weight excluding hydrogens is 317 g/mol. The summed E-state index contributed by atoms with van der Waals surface area (Å²) in [7, 11) is 2.52. The van der Waals surface area contributed by atoms with Gasteiger partial charge < -0.3 is 14.1 Å². The molecule has 1 fully saturated rings. The van der Waals surface area contributed by atoms with Crippen molar-refractivity contribution in [3.8, 4) is 0 Å². The van der Waals surface area contributed by atoms with Gasteiger partial charge in [-0.2, -0.15) is 0 Å². The Labute approximate surface area is 130 Å². The first-order valence-electron chi connectivity index (χ1n) is 6.61. The van der Waals surface area contributed by atoms with Gasteiger partial charge in [-0.3, -0.25) is 9.32 Å². The van der Waals surface area contributed by atoms with Crippen LogP contribution in [0.1, 0.15) is 20.3 Å². The number of nitrogens with zero attached hydrogens (tertiary/aromatic N) is 1. The zero-order valence-corrected chi connectivity index (χ0v) is 15.1. The third-order valence-corrected chi connectivity index (χ3v) is 5.81. The van der Waals surface area contributed by atoms with Crippen LogP contribution < -0.4 is 0 Å². The van der Waals surface area contributed by atoms with Crippen molar-refractivity contribution in [2.24, 2.45) is 0 Å². The fourth-order valence-electron chi connectivity index (χ4n) is 2.17. The molecule has 21 heavy (non-hydrogen) atoms. The van der Waals surface area contributed by atoms with E-state index in [1.807, 2.05) is 21.1 Å². The highest BCUT2D eigenvalue weighted by Gasteiger charge is 2.55. The van der Waals surface area contributed by atoms with E-state index >= 15 is 0 Å². The number of thioether (sulfide) groups is 1. The quantitative estimate of drug-likeness (QED) is 0.446. The van der Waals surface area contributed by atoms with Crippen LogP contribution in [0.5, 0.6) is 0 Å². The molecule has 0 saturated carbocycles. The number of carbonyl (C=O) groups excluding carboxylic acids is 1. The Kier molecular flexibility index (Phi) is 6.06. The summed E-state index contributed by atoms with van der Waals surface area (Å²) in [6, 6.07) is 0. The van der Waals surface area contributed by atoms with Gasteiger partial charge in [0.2, 0.25) is 5.72 Å². The van der Waals surface area contributed by atoms with E-state index in [4.69, 9.17) is 9.26 Å². The van der Waals surface area contributed by atoms with Gasteiger partial charge in [0.05, 0.1) is 27.7 Å². The van der Waals surface area contributed by atoms with E-state index in [0.29, 0.717) is 13.0 Å². The second kappa shape index (κ2) is 6.66. The highest BCUT2D eigenvalue weighted by molar-refractivity contribution is 8.14. The van der Waals surface area contributed by atoms with Gasteiger partial charge in [0, 0.05) is 26.2 Å². The lowest BCUT2D eigenvalue weighted by molar-refractivity contribution is -0.948. The smallest absolute Gasteiger partial charge is 0.368 e. The first kappa shape index (κ1) is 19.1. The molecule has 1 heterocycles. The number of carbonyl (C=O) groups is 1. The van der Waals surface area contributed by atoms with Crippen LogP contribution in [0.2, 0.25) is 0 Å². The number of hydrogen-bond donors (Lipinski definition) is 1. The van der Waals surface area contributed by atoms with Crippen molar-refractivity contribution in [3.63, 3.8) is 0 Å². The van der Waals surface area contributed by atoms with E-state index in [1.165, 1.54) is 18.7 Å². The summed E-state index contributed by atoms with van der Waals surface area (Å²) in [5.41, 5.74) is -1.08. The molecule has 1 saturated heterocycles. The van der Waals surface area contributed by atoms with Crippen molar-refractivity contribution in [1.82, 2.24) is 0 Å². The third kappa shape index (κ3) is 4.76. The van der Waals surface area contributed by atoms with Crippen LogP contribution in [0.3, 0.4) is 0 Å². The van der Waals surface area contributed by atoms with Gasteiger partial charge in [-0.05, 0) is 6.42 Å². The SMILES string of the molecule is COP(=O)(O)OC(C)(C1CC(SC(C)=O)CO1)[N+](C)(C)C. The number of quaternary nitrogens is 1. The Hall–Kier alpha value is 0.0500. The van der Waals surface area contributed by atoms with Gasteiger partial charge in [0.25, 0.3) is 0 Å². The van der Waals surface area contributed by atoms with Gasteiger partial charge in [0.15, 0.2) is 5.12 Å². The minimum Gasteiger partial charge on any atom is -0.368 e. The second-order valence-corrected chi connectivity index (χ2v) is 9.06. The number of hydrogen-bond acceptors (Lipinski definition) is 6. The first-order valence-corrected chi connectivity index (χ1v) is 8.98. The van der Waals surface area contributed by atoms with Crippen LogP contribution >= 0.6 is 19.6 Å². The Morgan fingerprint density at radius 1 is 1.48 bits per heavy atom. The average Bonchev–Trinajstić information content (AvgIpc) is 2.75. The maximum atomic E-state index is 11.8. The van der Waals surface area contributed by atoms with E-state index in [2.05, 4.69) is 4.52 Å². The van der Waals surface area contributed by atoms with E-state index in [1.54, 1.807) is 6.92 Å². The number of phosphoric acid groups is 1. The fourth-order valence-corrected chi connectivity index (χ4v) is 3.96. The Morgan fingerprint density at radius 2 is 2.05 bits per heavy atom. The first-order chi connectivity index (χ1) is 9.41. The molecule has 1 N–H and O–H groups in total. The van der Waals surface area contributed by atoms with Crippen molar-refractivity contribution in [3.05, 3.63) is 0 Å². The van der Waals surface area contributed by atoms with Crippen molar-refractivity contribution in [1.29, 1.82) is 0 Å². The van der Waals surface area contributed by atoms with Crippen molar-refractivity contribution < 1.29 is 32.5 Å². The zero-order chi connectivity index (χ0) is 16.5. The highest BCUT2D eigenvalue weighted by atomic mass is 32.2. The zero-order valence-electron chi connectivity index (χ0n) is 13.4. The molecule has 0 aromatic rings. The van der Waals surface area contributed by atoms with Crippen molar-refractivity contribution in [2.45, 2.75) is 37.3 Å². The highest BCUT2D eigenvalue weighted by Crippen LogP contribution is 2.51. The molecule has 9 heteroatoms. The average molecular weight is 342 g/mol. The number of ether oxygens (including phenoxy) is 1. The molecule has 0 spiro atoms. The lowest BCUT2D eigenvalue weighted by Gasteiger charge is -2.45. The second-order valence-electron chi connectivity index (χ2n) is 6.10. The summed E-state index contributed by atoms with van der Waals surface area (Å²) in [4.78, 5) is 20.9. The van der Waals surface area contributed by atoms with Crippen molar-refractivity contribution in [2.75, 3.05) is 34.9 Å². The minimum absolute atomic E-state index is 0.0295. The topological polar surface area (TPSA) is 82.1 Å². The molecule has 1 aliphatic heterocycles. The van der Waals surface area contributed by atoms with Crippen LogP contribution in [0, 0.1) is 0 Å². The Morgan fingerprint density at radius 3 is 2.48 bits per heavy atom. The lowest BCUT2D eigenvalue weighted by Crippen LogP contribution is -2.62. The fraction of sp³-hybridized carbons (Fsp3) is 0.917. The predicted octanol–water partition coefficient (Wildman–Crippen LogP) is 1.61. The normalized spacial score (nSPS) is 28.9. The van der Waals surface area contributed by atoms with Gasteiger partial charge >= 0.3 is 7.82 Å². The molecular formula is C12H25NO6PS+.